The van der Waals surface area contributed by atoms with Crippen LogP contribution in [0.1, 0.15) is 25.0 Å². The minimum Gasteiger partial charge on any atom is -0.480 e. The molecule has 0 fully saturated rings. The van der Waals surface area contributed by atoms with Gasteiger partial charge in [-0.3, -0.25) is 4.79 Å². The summed E-state index contributed by atoms with van der Waals surface area (Å²) in [5.41, 5.74) is 0.761. The van der Waals surface area contributed by atoms with E-state index in [2.05, 4.69) is 5.32 Å². The molecule has 2 N–H and O–H groups in total. The molecule has 0 aliphatic heterocycles. The molecule has 0 heterocycles. The Bertz CT molecular complexity index is 711. The van der Waals surface area contributed by atoms with Gasteiger partial charge in [0.25, 0.3) is 0 Å². The van der Waals surface area contributed by atoms with Crippen molar-refractivity contribution in [2.75, 3.05) is 0 Å². The monoisotopic (exact) mass is 345 g/mol. The lowest BCUT2D eigenvalue weighted by Crippen LogP contribution is -2.49. The van der Waals surface area contributed by atoms with Crippen molar-refractivity contribution in [2.24, 2.45) is 0 Å². The zero-order chi connectivity index (χ0) is 17.7. The van der Waals surface area contributed by atoms with E-state index < -0.39 is 17.4 Å². The number of carboxylic acids is 1. The van der Waals surface area contributed by atoms with Gasteiger partial charge in [0.1, 0.15) is 6.04 Å². The number of carbonyl (C=O) groups is 2. The Hall–Kier alpha value is -2.33. The average Bonchev–Trinajstić information content (AvgIpc) is 2.55. The van der Waals surface area contributed by atoms with E-state index in [0.29, 0.717) is 5.02 Å². The maximum atomic E-state index is 12.6. The van der Waals surface area contributed by atoms with Gasteiger partial charge >= 0.3 is 5.97 Å². The number of amides is 1. The molecule has 126 valence electrons. The molecule has 0 radical (unpaired) electrons. The van der Waals surface area contributed by atoms with Crippen LogP contribution in [-0.4, -0.2) is 23.0 Å². The van der Waals surface area contributed by atoms with Crippen molar-refractivity contribution in [3.05, 3.63) is 70.7 Å². The third kappa shape index (κ3) is 4.36. The summed E-state index contributed by atoms with van der Waals surface area (Å²) in [5, 5.41) is 12.7. The fraction of sp³-hybridized carbons (Fsp3) is 0.263. The van der Waals surface area contributed by atoms with Gasteiger partial charge in [-0.2, -0.15) is 0 Å². The van der Waals surface area contributed by atoms with Crippen LogP contribution in [0.15, 0.2) is 54.6 Å². The molecule has 2 aromatic rings. The Balaban J connectivity index is 2.14. The van der Waals surface area contributed by atoms with Crippen LogP contribution in [0.3, 0.4) is 0 Å². The molecule has 1 atom stereocenters. The van der Waals surface area contributed by atoms with Crippen LogP contribution in [0.2, 0.25) is 5.02 Å². The van der Waals surface area contributed by atoms with Crippen molar-refractivity contribution in [3.8, 4) is 0 Å². The van der Waals surface area contributed by atoms with Crippen LogP contribution in [0.4, 0.5) is 0 Å². The molecular weight excluding hydrogens is 326 g/mol. The summed E-state index contributed by atoms with van der Waals surface area (Å²) in [6.45, 7) is 3.51. The zero-order valence-electron chi connectivity index (χ0n) is 13.6. The molecule has 0 aliphatic carbocycles. The van der Waals surface area contributed by atoms with Gasteiger partial charge in [0.15, 0.2) is 0 Å². The normalized spacial score (nSPS) is 12.5. The Labute approximate surface area is 146 Å². The lowest BCUT2D eigenvalue weighted by atomic mass is 9.83. The number of halogens is 1. The molecule has 5 heteroatoms. The van der Waals surface area contributed by atoms with Crippen molar-refractivity contribution >= 4 is 23.5 Å². The van der Waals surface area contributed by atoms with Gasteiger partial charge < -0.3 is 10.4 Å². The van der Waals surface area contributed by atoms with Gasteiger partial charge in [-0.05, 0) is 37.1 Å². The van der Waals surface area contributed by atoms with Crippen LogP contribution >= 0.6 is 11.6 Å². The van der Waals surface area contributed by atoms with E-state index in [9.17, 15) is 14.7 Å². The number of aliphatic carboxylic acids is 1. The maximum Gasteiger partial charge on any atom is 0.326 e. The van der Waals surface area contributed by atoms with E-state index in [4.69, 9.17) is 11.6 Å². The van der Waals surface area contributed by atoms with Gasteiger partial charge in [0, 0.05) is 11.4 Å². The maximum absolute atomic E-state index is 12.6. The van der Waals surface area contributed by atoms with E-state index in [1.807, 2.05) is 30.3 Å². The topological polar surface area (TPSA) is 66.4 Å². The molecule has 1 amide bonds. The second-order valence-electron chi connectivity index (χ2n) is 6.19. The second kappa shape index (κ2) is 7.49. The number of nitrogens with one attached hydrogen (secondary N) is 1. The fourth-order valence-corrected chi connectivity index (χ4v) is 2.51. The van der Waals surface area contributed by atoms with Gasteiger partial charge in [-0.25, -0.2) is 4.79 Å². The Morgan fingerprint density at radius 3 is 2.21 bits per heavy atom. The van der Waals surface area contributed by atoms with Crippen LogP contribution in [0.25, 0.3) is 0 Å². The fourth-order valence-electron chi connectivity index (χ4n) is 2.39. The Morgan fingerprint density at radius 1 is 1.08 bits per heavy atom. The third-order valence-electron chi connectivity index (χ3n) is 4.02. The van der Waals surface area contributed by atoms with Crippen molar-refractivity contribution in [1.29, 1.82) is 0 Å². The largest absolute Gasteiger partial charge is 0.480 e. The first-order chi connectivity index (χ1) is 11.3. The van der Waals surface area contributed by atoms with Crippen molar-refractivity contribution < 1.29 is 14.7 Å². The molecule has 0 bridgehead atoms. The zero-order valence-corrected chi connectivity index (χ0v) is 14.4. The van der Waals surface area contributed by atoms with E-state index >= 15 is 0 Å². The highest BCUT2D eigenvalue weighted by atomic mass is 35.5. The van der Waals surface area contributed by atoms with Crippen molar-refractivity contribution in [2.45, 2.75) is 31.7 Å². The Morgan fingerprint density at radius 2 is 1.67 bits per heavy atom. The number of rotatable bonds is 6. The SMILES string of the molecule is CC(C)(C(=O)NC(Cc1ccccc1)C(=O)O)c1ccc(Cl)cc1. The number of carboxylic acid groups (broad SMARTS) is 1. The summed E-state index contributed by atoms with van der Waals surface area (Å²) in [7, 11) is 0. The molecule has 2 rings (SSSR count). The highest BCUT2D eigenvalue weighted by molar-refractivity contribution is 6.30. The van der Waals surface area contributed by atoms with Gasteiger partial charge in [0.05, 0.1) is 5.41 Å². The first-order valence-electron chi connectivity index (χ1n) is 7.64. The lowest BCUT2D eigenvalue weighted by molar-refractivity contribution is -0.142. The minimum atomic E-state index is -1.06. The number of carbonyl (C=O) groups excluding carboxylic acids is 1. The molecule has 0 aliphatic rings. The molecule has 0 spiro atoms. The number of benzene rings is 2. The van der Waals surface area contributed by atoms with Gasteiger partial charge in [-0.1, -0.05) is 54.1 Å². The van der Waals surface area contributed by atoms with Crippen molar-refractivity contribution in [1.82, 2.24) is 5.32 Å². The summed E-state index contributed by atoms with van der Waals surface area (Å²) < 4.78 is 0. The molecular formula is C19H20ClNO3. The molecule has 2 aromatic carbocycles. The van der Waals surface area contributed by atoms with E-state index in [-0.39, 0.29) is 12.3 Å². The summed E-state index contributed by atoms with van der Waals surface area (Å²) in [5.74, 6) is -1.40. The number of hydrogen-bond donors (Lipinski definition) is 2. The first kappa shape index (κ1) is 18.0. The van der Waals surface area contributed by atoms with E-state index in [1.165, 1.54) is 0 Å². The molecule has 0 saturated heterocycles. The summed E-state index contributed by atoms with van der Waals surface area (Å²) in [6.07, 6.45) is 0.235. The predicted molar refractivity (Wildman–Crippen MR) is 94.2 cm³/mol. The predicted octanol–water partition coefficient (Wildman–Crippen LogP) is 3.43. The van der Waals surface area contributed by atoms with E-state index in [1.54, 1.807) is 38.1 Å². The van der Waals surface area contributed by atoms with E-state index in [0.717, 1.165) is 11.1 Å². The van der Waals surface area contributed by atoms with Crippen LogP contribution in [0, 0.1) is 0 Å². The summed E-state index contributed by atoms with van der Waals surface area (Å²) in [6, 6.07) is 15.2. The molecule has 0 saturated carbocycles. The van der Waals surface area contributed by atoms with Gasteiger partial charge in [0.2, 0.25) is 5.91 Å². The molecule has 4 nitrogen and oxygen atoms in total. The number of hydrogen-bond acceptors (Lipinski definition) is 2. The first-order valence-corrected chi connectivity index (χ1v) is 8.02. The van der Waals surface area contributed by atoms with Gasteiger partial charge in [-0.15, -0.1) is 0 Å². The second-order valence-corrected chi connectivity index (χ2v) is 6.62. The van der Waals surface area contributed by atoms with Crippen molar-refractivity contribution in [3.63, 3.8) is 0 Å². The average molecular weight is 346 g/mol. The van der Waals surface area contributed by atoms with Crippen LogP contribution < -0.4 is 5.32 Å². The lowest BCUT2D eigenvalue weighted by Gasteiger charge is -2.26. The molecule has 24 heavy (non-hydrogen) atoms. The smallest absolute Gasteiger partial charge is 0.326 e. The van der Waals surface area contributed by atoms with Crippen LogP contribution in [0.5, 0.6) is 0 Å². The highest BCUT2D eigenvalue weighted by Crippen LogP contribution is 2.25. The molecule has 0 aromatic heterocycles. The quantitative estimate of drug-likeness (QED) is 0.843. The summed E-state index contributed by atoms with van der Waals surface area (Å²) >= 11 is 5.88. The minimum absolute atomic E-state index is 0.235. The summed E-state index contributed by atoms with van der Waals surface area (Å²) in [4.78, 5) is 24.2. The Kier molecular flexibility index (Phi) is 5.62. The highest BCUT2D eigenvalue weighted by Gasteiger charge is 2.33. The third-order valence-corrected chi connectivity index (χ3v) is 4.27. The van der Waals surface area contributed by atoms with Crippen LogP contribution in [-0.2, 0) is 21.4 Å². The standard InChI is InChI=1S/C19H20ClNO3/c1-19(2,14-8-10-15(20)11-9-14)18(24)21-16(17(22)23)12-13-6-4-3-5-7-13/h3-11,16H,12H2,1-2H3,(H,21,24)(H,22,23). The molecule has 1 unspecified atom stereocenters.